The number of hydrogen-bond donors (Lipinski definition) is 1. The third kappa shape index (κ3) is 3.31. The molecule has 1 amide bonds. The first-order valence-corrected chi connectivity index (χ1v) is 7.11. The van der Waals surface area contributed by atoms with E-state index in [4.69, 9.17) is 34.8 Å². The summed E-state index contributed by atoms with van der Waals surface area (Å²) in [5.74, 6) is 0.0725. The Morgan fingerprint density at radius 1 is 1.22 bits per heavy atom. The summed E-state index contributed by atoms with van der Waals surface area (Å²) in [6.07, 6.45) is 1.50. The number of alkyl halides is 1. The van der Waals surface area contributed by atoms with Gasteiger partial charge in [-0.05, 0) is 25.0 Å². The van der Waals surface area contributed by atoms with E-state index in [1.165, 1.54) is 0 Å². The van der Waals surface area contributed by atoms with Crippen LogP contribution < -0.4 is 5.32 Å². The smallest absolute Gasteiger partial charge is 0.254 e. The molecule has 0 radical (unpaired) electrons. The van der Waals surface area contributed by atoms with Crippen molar-refractivity contribution < 1.29 is 4.79 Å². The summed E-state index contributed by atoms with van der Waals surface area (Å²) in [5.41, 5.74) is -0.113. The Morgan fingerprint density at radius 2 is 1.72 bits per heavy atom. The molecule has 0 atom stereocenters. The van der Waals surface area contributed by atoms with E-state index in [9.17, 15) is 4.79 Å². The highest BCUT2D eigenvalue weighted by molar-refractivity contribution is 6.39. The van der Waals surface area contributed by atoms with Crippen LogP contribution in [0.15, 0.2) is 18.2 Å². The van der Waals surface area contributed by atoms with Gasteiger partial charge in [0.15, 0.2) is 0 Å². The number of carbonyl (C=O) groups is 1. The molecule has 5 heteroatoms. The van der Waals surface area contributed by atoms with Gasteiger partial charge in [-0.15, -0.1) is 11.6 Å². The second-order valence-electron chi connectivity index (χ2n) is 4.17. The maximum Gasteiger partial charge on any atom is 0.254 e. The molecule has 0 fully saturated rings. The highest BCUT2D eigenvalue weighted by atomic mass is 35.5. The number of nitrogens with one attached hydrogen (secondary N) is 1. The zero-order valence-corrected chi connectivity index (χ0v) is 12.7. The maximum absolute atomic E-state index is 12.2. The Hall–Kier alpha value is -0.440. The van der Waals surface area contributed by atoms with Gasteiger partial charge < -0.3 is 5.32 Å². The molecule has 0 saturated carbocycles. The Balaban J connectivity index is 3.02. The fourth-order valence-electron chi connectivity index (χ4n) is 1.67. The van der Waals surface area contributed by atoms with E-state index in [0.29, 0.717) is 21.5 Å². The lowest BCUT2D eigenvalue weighted by Gasteiger charge is -2.30. The standard InChI is InChI=1S/C13H16Cl3NO/c1-3-13(4-2,8-14)17-12(18)11-9(15)6-5-7-10(11)16/h5-7H,3-4,8H2,1-2H3,(H,17,18). The summed E-state index contributed by atoms with van der Waals surface area (Å²) >= 11 is 18.0. The summed E-state index contributed by atoms with van der Waals surface area (Å²) < 4.78 is 0. The molecule has 1 aromatic rings. The van der Waals surface area contributed by atoms with Gasteiger partial charge in [0.1, 0.15) is 0 Å². The summed E-state index contributed by atoms with van der Waals surface area (Å²) in [4.78, 5) is 12.2. The van der Waals surface area contributed by atoms with Gasteiger partial charge in [0, 0.05) is 5.88 Å². The van der Waals surface area contributed by atoms with Crippen LogP contribution in [0.2, 0.25) is 10.0 Å². The lowest BCUT2D eigenvalue weighted by Crippen LogP contribution is -2.49. The average Bonchev–Trinajstić information content (AvgIpc) is 2.36. The zero-order chi connectivity index (χ0) is 13.8. The molecular weight excluding hydrogens is 293 g/mol. The predicted molar refractivity (Wildman–Crippen MR) is 78.0 cm³/mol. The van der Waals surface area contributed by atoms with Crippen molar-refractivity contribution in [3.63, 3.8) is 0 Å². The van der Waals surface area contributed by atoms with E-state index < -0.39 is 5.54 Å². The molecule has 0 unspecified atom stereocenters. The Labute approximate surface area is 123 Å². The molecule has 1 rings (SSSR count). The molecule has 1 aromatic carbocycles. The van der Waals surface area contributed by atoms with Crippen LogP contribution in [0.5, 0.6) is 0 Å². The first-order chi connectivity index (χ1) is 8.49. The first-order valence-electron chi connectivity index (χ1n) is 5.82. The molecule has 100 valence electrons. The Kier molecular flexibility index (Phi) is 5.77. The van der Waals surface area contributed by atoms with Gasteiger partial charge in [-0.2, -0.15) is 0 Å². The summed E-state index contributed by atoms with van der Waals surface area (Å²) in [6, 6.07) is 4.99. The molecule has 0 aromatic heterocycles. The highest BCUT2D eigenvalue weighted by Gasteiger charge is 2.28. The van der Waals surface area contributed by atoms with E-state index in [1.54, 1.807) is 18.2 Å². The second-order valence-corrected chi connectivity index (χ2v) is 5.25. The number of amides is 1. The van der Waals surface area contributed by atoms with E-state index >= 15 is 0 Å². The van der Waals surface area contributed by atoms with Crippen molar-refractivity contribution >= 4 is 40.7 Å². The van der Waals surface area contributed by atoms with Crippen LogP contribution in [0.4, 0.5) is 0 Å². The van der Waals surface area contributed by atoms with Crippen LogP contribution in [-0.2, 0) is 0 Å². The van der Waals surface area contributed by atoms with Crippen LogP contribution in [0.3, 0.4) is 0 Å². The quantitative estimate of drug-likeness (QED) is 0.796. The van der Waals surface area contributed by atoms with Crippen molar-refractivity contribution in [1.29, 1.82) is 0 Å². The monoisotopic (exact) mass is 307 g/mol. The van der Waals surface area contributed by atoms with Crippen molar-refractivity contribution in [2.75, 3.05) is 5.88 Å². The van der Waals surface area contributed by atoms with Crippen LogP contribution >= 0.6 is 34.8 Å². The fraction of sp³-hybridized carbons (Fsp3) is 0.462. The molecule has 2 nitrogen and oxygen atoms in total. The molecular formula is C13H16Cl3NO. The minimum atomic E-state index is -0.416. The van der Waals surface area contributed by atoms with E-state index in [2.05, 4.69) is 5.32 Å². The molecule has 0 heterocycles. The topological polar surface area (TPSA) is 29.1 Å². The van der Waals surface area contributed by atoms with Crippen molar-refractivity contribution in [3.8, 4) is 0 Å². The number of benzene rings is 1. The summed E-state index contributed by atoms with van der Waals surface area (Å²) in [6.45, 7) is 3.97. The summed E-state index contributed by atoms with van der Waals surface area (Å²) in [7, 11) is 0. The lowest BCUT2D eigenvalue weighted by molar-refractivity contribution is 0.0903. The van der Waals surface area contributed by atoms with Crippen LogP contribution in [-0.4, -0.2) is 17.3 Å². The number of rotatable bonds is 5. The number of carbonyl (C=O) groups excluding carboxylic acids is 1. The molecule has 0 aliphatic carbocycles. The first kappa shape index (κ1) is 15.6. The molecule has 18 heavy (non-hydrogen) atoms. The molecule has 0 aliphatic heterocycles. The van der Waals surface area contributed by atoms with Crippen LogP contribution in [0.25, 0.3) is 0 Å². The predicted octanol–water partition coefficient (Wildman–Crippen LogP) is 4.52. The van der Waals surface area contributed by atoms with Crippen molar-refractivity contribution in [2.24, 2.45) is 0 Å². The summed E-state index contributed by atoms with van der Waals surface area (Å²) in [5, 5.41) is 3.62. The highest BCUT2D eigenvalue weighted by Crippen LogP contribution is 2.26. The molecule has 1 N–H and O–H groups in total. The molecule has 0 saturated heterocycles. The van der Waals surface area contributed by atoms with Crippen LogP contribution in [0.1, 0.15) is 37.0 Å². The van der Waals surface area contributed by atoms with Crippen molar-refractivity contribution in [1.82, 2.24) is 5.32 Å². The van der Waals surface area contributed by atoms with Gasteiger partial charge in [0.25, 0.3) is 5.91 Å². The zero-order valence-electron chi connectivity index (χ0n) is 10.4. The van der Waals surface area contributed by atoms with Gasteiger partial charge in [0.05, 0.1) is 21.1 Å². The normalized spacial score (nSPS) is 11.4. The number of hydrogen-bond acceptors (Lipinski definition) is 1. The van der Waals surface area contributed by atoms with Gasteiger partial charge in [0.2, 0.25) is 0 Å². The number of halogens is 3. The van der Waals surface area contributed by atoms with E-state index in [0.717, 1.165) is 12.8 Å². The van der Waals surface area contributed by atoms with Gasteiger partial charge in [-0.25, -0.2) is 0 Å². The third-order valence-electron chi connectivity index (χ3n) is 3.18. The third-order valence-corrected chi connectivity index (χ3v) is 4.32. The second kappa shape index (κ2) is 6.65. The average molecular weight is 309 g/mol. The van der Waals surface area contributed by atoms with Gasteiger partial charge >= 0.3 is 0 Å². The minimum absolute atomic E-state index is 0.282. The lowest BCUT2D eigenvalue weighted by atomic mass is 9.94. The Bertz CT molecular complexity index is 402. The molecule has 0 spiro atoms. The van der Waals surface area contributed by atoms with Crippen molar-refractivity contribution in [2.45, 2.75) is 32.2 Å². The molecule has 0 aliphatic rings. The van der Waals surface area contributed by atoms with E-state index in [-0.39, 0.29) is 5.91 Å². The van der Waals surface area contributed by atoms with Crippen molar-refractivity contribution in [3.05, 3.63) is 33.8 Å². The fourth-order valence-corrected chi connectivity index (χ4v) is 2.68. The largest absolute Gasteiger partial charge is 0.345 e. The SMILES string of the molecule is CCC(CC)(CCl)NC(=O)c1c(Cl)cccc1Cl. The Morgan fingerprint density at radius 3 is 2.11 bits per heavy atom. The minimum Gasteiger partial charge on any atom is -0.345 e. The van der Waals surface area contributed by atoms with Gasteiger partial charge in [-0.3, -0.25) is 4.79 Å². The van der Waals surface area contributed by atoms with Crippen LogP contribution in [0, 0.1) is 0 Å². The molecule has 0 bridgehead atoms. The van der Waals surface area contributed by atoms with E-state index in [1.807, 2.05) is 13.8 Å². The van der Waals surface area contributed by atoms with Gasteiger partial charge in [-0.1, -0.05) is 43.1 Å². The maximum atomic E-state index is 12.2.